The fourth-order valence-corrected chi connectivity index (χ4v) is 2.54. The summed E-state index contributed by atoms with van der Waals surface area (Å²) in [6.45, 7) is 4.05. The predicted octanol–water partition coefficient (Wildman–Crippen LogP) is 2.53. The van der Waals surface area contributed by atoms with E-state index in [2.05, 4.69) is 63.4 Å². The first kappa shape index (κ1) is 12.4. The van der Waals surface area contributed by atoms with Crippen LogP contribution < -0.4 is 10.2 Å². The topological polar surface area (TPSA) is 39.1 Å². The zero-order valence-electron chi connectivity index (χ0n) is 9.86. The van der Waals surface area contributed by atoms with Gasteiger partial charge in [-0.25, -0.2) is 0 Å². The highest BCUT2D eigenvalue weighted by atomic mass is 79.9. The first-order chi connectivity index (χ1) is 8.19. The SMILES string of the molecule is CC1CN(c2ccc(Br)cc2)CC(CC#N)N1. The second-order valence-corrected chi connectivity index (χ2v) is 5.42. The van der Waals surface area contributed by atoms with Crippen molar-refractivity contribution in [2.45, 2.75) is 25.4 Å². The van der Waals surface area contributed by atoms with Crippen molar-refractivity contribution >= 4 is 21.6 Å². The van der Waals surface area contributed by atoms with Crippen molar-refractivity contribution in [1.29, 1.82) is 5.26 Å². The number of hydrogen-bond acceptors (Lipinski definition) is 3. The van der Waals surface area contributed by atoms with Gasteiger partial charge in [0.05, 0.1) is 12.5 Å². The molecule has 0 aliphatic carbocycles. The minimum Gasteiger partial charge on any atom is -0.368 e. The molecule has 2 rings (SSSR count). The van der Waals surface area contributed by atoms with Gasteiger partial charge in [-0.1, -0.05) is 15.9 Å². The smallest absolute Gasteiger partial charge is 0.0638 e. The third kappa shape index (κ3) is 3.21. The van der Waals surface area contributed by atoms with E-state index in [1.54, 1.807) is 0 Å². The Balaban J connectivity index is 2.10. The average Bonchev–Trinajstić information content (AvgIpc) is 2.29. The molecule has 1 heterocycles. The molecule has 1 saturated heterocycles. The van der Waals surface area contributed by atoms with Crippen LogP contribution in [0.1, 0.15) is 13.3 Å². The third-order valence-electron chi connectivity index (χ3n) is 2.98. The van der Waals surface area contributed by atoms with E-state index < -0.39 is 0 Å². The van der Waals surface area contributed by atoms with Gasteiger partial charge in [0.15, 0.2) is 0 Å². The molecule has 4 heteroatoms. The van der Waals surface area contributed by atoms with Crippen molar-refractivity contribution < 1.29 is 0 Å². The second-order valence-electron chi connectivity index (χ2n) is 4.51. The van der Waals surface area contributed by atoms with Gasteiger partial charge in [-0.2, -0.15) is 5.26 Å². The van der Waals surface area contributed by atoms with Crippen LogP contribution >= 0.6 is 15.9 Å². The molecule has 1 aliphatic heterocycles. The number of nitriles is 1. The maximum atomic E-state index is 8.78. The number of halogens is 1. The molecule has 1 aliphatic rings. The fourth-order valence-electron chi connectivity index (χ4n) is 2.28. The van der Waals surface area contributed by atoms with Gasteiger partial charge in [0.2, 0.25) is 0 Å². The summed E-state index contributed by atoms with van der Waals surface area (Å²) in [7, 11) is 0. The zero-order chi connectivity index (χ0) is 12.3. The zero-order valence-corrected chi connectivity index (χ0v) is 11.4. The summed E-state index contributed by atoms with van der Waals surface area (Å²) in [5.74, 6) is 0. The van der Waals surface area contributed by atoms with Crippen molar-refractivity contribution in [3.05, 3.63) is 28.7 Å². The van der Waals surface area contributed by atoms with Gasteiger partial charge in [0, 0.05) is 35.3 Å². The largest absolute Gasteiger partial charge is 0.368 e. The second kappa shape index (κ2) is 5.52. The molecule has 0 radical (unpaired) electrons. The molecular formula is C13H16BrN3. The average molecular weight is 294 g/mol. The van der Waals surface area contributed by atoms with Gasteiger partial charge >= 0.3 is 0 Å². The number of anilines is 1. The number of piperazine rings is 1. The predicted molar refractivity (Wildman–Crippen MR) is 73.0 cm³/mol. The number of nitrogens with one attached hydrogen (secondary N) is 1. The molecule has 1 aromatic rings. The van der Waals surface area contributed by atoms with Crippen LogP contribution in [-0.2, 0) is 0 Å². The lowest BCUT2D eigenvalue weighted by Crippen LogP contribution is -2.55. The molecule has 0 aromatic heterocycles. The summed E-state index contributed by atoms with van der Waals surface area (Å²) in [4.78, 5) is 2.34. The highest BCUT2D eigenvalue weighted by Crippen LogP contribution is 2.21. The molecule has 0 spiro atoms. The fraction of sp³-hybridized carbons (Fsp3) is 0.462. The summed E-state index contributed by atoms with van der Waals surface area (Å²) in [6, 6.07) is 11.3. The van der Waals surface area contributed by atoms with Crippen LogP contribution in [0.15, 0.2) is 28.7 Å². The molecule has 90 valence electrons. The third-order valence-corrected chi connectivity index (χ3v) is 3.51. The lowest BCUT2D eigenvalue weighted by Gasteiger charge is -2.38. The standard InChI is InChI=1S/C13H16BrN3/c1-10-8-17(9-12(16-10)6-7-15)13-4-2-11(14)3-5-13/h2-5,10,12,16H,6,8-9H2,1H3. The normalized spacial score (nSPS) is 24.4. The lowest BCUT2D eigenvalue weighted by atomic mass is 10.1. The Morgan fingerprint density at radius 1 is 1.41 bits per heavy atom. The summed E-state index contributed by atoms with van der Waals surface area (Å²) in [6.07, 6.45) is 0.567. The Bertz CT molecular complexity index is 410. The Hall–Kier alpha value is -1.05. The molecule has 1 aromatic carbocycles. The highest BCUT2D eigenvalue weighted by Gasteiger charge is 2.23. The highest BCUT2D eigenvalue weighted by molar-refractivity contribution is 9.10. The maximum Gasteiger partial charge on any atom is 0.0638 e. The van der Waals surface area contributed by atoms with Gasteiger partial charge in [-0.05, 0) is 31.2 Å². The van der Waals surface area contributed by atoms with Crippen molar-refractivity contribution in [3.63, 3.8) is 0 Å². The van der Waals surface area contributed by atoms with Crippen LogP contribution in [-0.4, -0.2) is 25.2 Å². The van der Waals surface area contributed by atoms with Gasteiger partial charge in [-0.15, -0.1) is 0 Å². The molecule has 0 amide bonds. The minimum atomic E-state index is 0.271. The minimum absolute atomic E-state index is 0.271. The van der Waals surface area contributed by atoms with E-state index in [1.807, 2.05) is 0 Å². The van der Waals surface area contributed by atoms with E-state index >= 15 is 0 Å². The number of nitrogens with zero attached hydrogens (tertiary/aromatic N) is 2. The molecule has 1 N–H and O–H groups in total. The van der Waals surface area contributed by atoms with Crippen LogP contribution in [0.2, 0.25) is 0 Å². The van der Waals surface area contributed by atoms with Crippen LogP contribution in [0, 0.1) is 11.3 Å². The van der Waals surface area contributed by atoms with E-state index in [1.165, 1.54) is 5.69 Å². The molecule has 17 heavy (non-hydrogen) atoms. The van der Waals surface area contributed by atoms with E-state index in [4.69, 9.17) is 5.26 Å². The summed E-state index contributed by atoms with van der Waals surface area (Å²) in [5.41, 5.74) is 1.23. The van der Waals surface area contributed by atoms with Gasteiger partial charge in [0.25, 0.3) is 0 Å². The van der Waals surface area contributed by atoms with Crippen LogP contribution in [0.5, 0.6) is 0 Å². The summed E-state index contributed by atoms with van der Waals surface area (Å²) in [5, 5.41) is 12.2. The Morgan fingerprint density at radius 3 is 2.76 bits per heavy atom. The maximum absolute atomic E-state index is 8.78. The van der Waals surface area contributed by atoms with Gasteiger partial charge < -0.3 is 10.2 Å². The van der Waals surface area contributed by atoms with E-state index in [9.17, 15) is 0 Å². The number of hydrogen-bond donors (Lipinski definition) is 1. The Kier molecular flexibility index (Phi) is 4.03. The molecule has 0 bridgehead atoms. The molecule has 2 unspecified atom stereocenters. The molecule has 0 saturated carbocycles. The van der Waals surface area contributed by atoms with Crippen molar-refractivity contribution in [1.82, 2.24) is 5.32 Å². The van der Waals surface area contributed by atoms with Gasteiger partial charge in [0.1, 0.15) is 0 Å². The molecular weight excluding hydrogens is 278 g/mol. The Labute approximate surface area is 111 Å². The van der Waals surface area contributed by atoms with Crippen LogP contribution in [0.4, 0.5) is 5.69 Å². The molecule has 2 atom stereocenters. The lowest BCUT2D eigenvalue weighted by molar-refractivity contribution is 0.391. The van der Waals surface area contributed by atoms with Gasteiger partial charge in [-0.3, -0.25) is 0 Å². The summed E-state index contributed by atoms with van der Waals surface area (Å²) >= 11 is 3.44. The van der Waals surface area contributed by atoms with Crippen LogP contribution in [0.3, 0.4) is 0 Å². The Morgan fingerprint density at radius 2 is 2.12 bits per heavy atom. The van der Waals surface area contributed by atoms with E-state index in [0.29, 0.717) is 12.5 Å². The van der Waals surface area contributed by atoms with Crippen molar-refractivity contribution in [2.75, 3.05) is 18.0 Å². The monoisotopic (exact) mass is 293 g/mol. The number of benzene rings is 1. The van der Waals surface area contributed by atoms with E-state index in [-0.39, 0.29) is 6.04 Å². The van der Waals surface area contributed by atoms with E-state index in [0.717, 1.165) is 17.6 Å². The molecule has 1 fully saturated rings. The van der Waals surface area contributed by atoms with Crippen LogP contribution in [0.25, 0.3) is 0 Å². The first-order valence-corrected chi connectivity index (χ1v) is 6.62. The van der Waals surface area contributed by atoms with Crippen molar-refractivity contribution in [2.24, 2.45) is 0 Å². The summed E-state index contributed by atoms with van der Waals surface area (Å²) < 4.78 is 1.10. The molecule has 3 nitrogen and oxygen atoms in total. The number of rotatable bonds is 2. The quantitative estimate of drug-likeness (QED) is 0.911. The first-order valence-electron chi connectivity index (χ1n) is 5.82. The van der Waals surface area contributed by atoms with Crippen molar-refractivity contribution in [3.8, 4) is 6.07 Å².